The number of nitrogens with zero attached hydrogens (tertiary/aromatic N) is 1. The van der Waals surface area contributed by atoms with E-state index in [1.807, 2.05) is 0 Å². The summed E-state index contributed by atoms with van der Waals surface area (Å²) in [5.74, 6) is -0.746. The minimum Gasteiger partial charge on any atom is -0.397 e. The Bertz CT molecular complexity index is 1400. The van der Waals surface area contributed by atoms with Crippen LogP contribution in [0.25, 0.3) is 11.1 Å². The maximum absolute atomic E-state index is 13.2. The predicted octanol–water partition coefficient (Wildman–Crippen LogP) is 4.82. The molecule has 9 heteroatoms. The van der Waals surface area contributed by atoms with Crippen molar-refractivity contribution < 1.29 is 13.4 Å². The van der Waals surface area contributed by atoms with Crippen molar-refractivity contribution in [3.05, 3.63) is 90.0 Å². The summed E-state index contributed by atoms with van der Waals surface area (Å²) in [6.45, 7) is 1.76. The van der Waals surface area contributed by atoms with Crippen molar-refractivity contribution in [1.29, 1.82) is 4.78 Å². The van der Waals surface area contributed by atoms with Crippen molar-refractivity contribution in [3.63, 3.8) is 0 Å². The van der Waals surface area contributed by atoms with Crippen LogP contribution in [0.4, 0.5) is 15.8 Å². The number of carbonyl (C=O) groups excluding carboxylic acids is 1. The smallest absolute Gasteiger partial charge is 0.255 e. The predicted molar refractivity (Wildman–Crippen MR) is 121 cm³/mol. The molecule has 32 heavy (non-hydrogen) atoms. The van der Waals surface area contributed by atoms with Gasteiger partial charge in [-0.3, -0.25) is 4.79 Å². The van der Waals surface area contributed by atoms with E-state index in [0.29, 0.717) is 22.6 Å². The highest BCUT2D eigenvalue weighted by molar-refractivity contribution is 7.92. The van der Waals surface area contributed by atoms with E-state index >= 15 is 0 Å². The van der Waals surface area contributed by atoms with Crippen molar-refractivity contribution in [1.82, 2.24) is 9.97 Å². The van der Waals surface area contributed by atoms with Crippen LogP contribution in [0.5, 0.6) is 0 Å². The van der Waals surface area contributed by atoms with E-state index in [0.717, 1.165) is 11.1 Å². The van der Waals surface area contributed by atoms with E-state index in [1.54, 1.807) is 37.3 Å². The molecule has 4 aromatic rings. The molecule has 7 nitrogen and oxygen atoms in total. The fourth-order valence-corrected chi connectivity index (χ4v) is 4.37. The lowest BCUT2D eigenvalue weighted by molar-refractivity contribution is 0.102. The number of aromatic amines is 1. The Morgan fingerprint density at radius 1 is 1.06 bits per heavy atom. The zero-order chi connectivity index (χ0) is 22.9. The molecule has 1 unspecified atom stereocenters. The van der Waals surface area contributed by atoms with Crippen molar-refractivity contribution >= 4 is 27.0 Å². The SMILES string of the molecule is Cc1cnc(S(=N)(=O)c2ccc(C(=O)Nc3cc(-c4ccc(F)cc4)ccc3N)cc2)[nH]1. The summed E-state index contributed by atoms with van der Waals surface area (Å²) in [6.07, 6.45) is 1.51. The Kier molecular flexibility index (Phi) is 5.50. The molecule has 3 aromatic carbocycles. The summed E-state index contributed by atoms with van der Waals surface area (Å²) in [4.78, 5) is 19.8. The number of halogens is 1. The van der Waals surface area contributed by atoms with Crippen LogP contribution in [0, 0.1) is 17.5 Å². The standard InChI is InChI=1S/C23H20FN5O2S/c1-14-13-27-23(28-14)32(26,31)19-9-4-16(5-10-19)22(30)29-21-12-17(6-11-20(21)25)15-2-7-18(24)8-3-15/h2-13,26H,25H2,1H3,(H,27,28)(H,29,30). The van der Waals surface area contributed by atoms with Gasteiger partial charge < -0.3 is 16.0 Å². The van der Waals surface area contributed by atoms with E-state index < -0.39 is 15.6 Å². The maximum Gasteiger partial charge on any atom is 0.255 e. The number of benzene rings is 3. The number of amides is 1. The van der Waals surface area contributed by atoms with Crippen LogP contribution in [-0.4, -0.2) is 20.1 Å². The van der Waals surface area contributed by atoms with Crippen LogP contribution in [0.1, 0.15) is 16.1 Å². The molecule has 0 aliphatic rings. The van der Waals surface area contributed by atoms with E-state index in [1.165, 1.54) is 42.6 Å². The average Bonchev–Trinajstić information content (AvgIpc) is 3.23. The summed E-state index contributed by atoms with van der Waals surface area (Å²) < 4.78 is 34.3. The fraction of sp³-hybridized carbons (Fsp3) is 0.0435. The maximum atomic E-state index is 13.2. The normalized spacial score (nSPS) is 12.8. The highest BCUT2D eigenvalue weighted by Crippen LogP contribution is 2.28. The van der Waals surface area contributed by atoms with Crippen LogP contribution in [0.15, 0.2) is 83.0 Å². The molecule has 0 aliphatic heterocycles. The molecule has 0 bridgehead atoms. The monoisotopic (exact) mass is 449 g/mol. The molecule has 1 heterocycles. The van der Waals surface area contributed by atoms with Crippen LogP contribution in [0.3, 0.4) is 0 Å². The van der Waals surface area contributed by atoms with Gasteiger partial charge in [0.2, 0.25) is 5.16 Å². The molecule has 0 fully saturated rings. The molecule has 1 atom stereocenters. The molecule has 1 amide bonds. The molecule has 0 saturated carbocycles. The summed E-state index contributed by atoms with van der Waals surface area (Å²) in [7, 11) is -3.31. The van der Waals surface area contributed by atoms with Crippen molar-refractivity contribution in [2.45, 2.75) is 17.0 Å². The third-order valence-corrected chi connectivity index (χ3v) is 6.57. The van der Waals surface area contributed by atoms with Gasteiger partial charge in [-0.1, -0.05) is 18.2 Å². The number of nitrogen functional groups attached to an aromatic ring is 1. The Labute approximate surface area is 184 Å². The first-order valence-electron chi connectivity index (χ1n) is 9.61. The number of carbonyl (C=O) groups is 1. The van der Waals surface area contributed by atoms with Gasteiger partial charge in [-0.05, 0) is 66.6 Å². The molecule has 0 saturated heterocycles. The zero-order valence-electron chi connectivity index (χ0n) is 17.1. The van der Waals surface area contributed by atoms with Crippen molar-refractivity contribution in [2.24, 2.45) is 0 Å². The summed E-state index contributed by atoms with van der Waals surface area (Å²) >= 11 is 0. The first kappa shape index (κ1) is 21.3. The second-order valence-corrected chi connectivity index (χ2v) is 9.19. The number of anilines is 2. The van der Waals surface area contributed by atoms with Crippen molar-refractivity contribution in [3.8, 4) is 11.1 Å². The lowest BCUT2D eigenvalue weighted by Gasteiger charge is -2.11. The molecule has 5 N–H and O–H groups in total. The number of hydrogen-bond acceptors (Lipinski definition) is 5. The minimum absolute atomic E-state index is 0.0672. The molecule has 0 radical (unpaired) electrons. The quantitative estimate of drug-likeness (QED) is 0.326. The highest BCUT2D eigenvalue weighted by Gasteiger charge is 2.18. The van der Waals surface area contributed by atoms with Gasteiger partial charge in [0, 0.05) is 17.5 Å². The van der Waals surface area contributed by atoms with Gasteiger partial charge in [0.1, 0.15) is 15.5 Å². The first-order chi connectivity index (χ1) is 15.2. The Hall–Kier alpha value is -3.98. The van der Waals surface area contributed by atoms with Crippen LogP contribution in [-0.2, 0) is 9.73 Å². The van der Waals surface area contributed by atoms with Crippen LogP contribution in [0.2, 0.25) is 0 Å². The van der Waals surface area contributed by atoms with Gasteiger partial charge in [0.15, 0.2) is 0 Å². The Balaban J connectivity index is 1.55. The number of rotatable bonds is 5. The van der Waals surface area contributed by atoms with E-state index in [4.69, 9.17) is 10.5 Å². The molecular weight excluding hydrogens is 429 g/mol. The lowest BCUT2D eigenvalue weighted by Crippen LogP contribution is -2.13. The average molecular weight is 450 g/mol. The molecule has 1 aromatic heterocycles. The molecule has 0 aliphatic carbocycles. The Morgan fingerprint density at radius 3 is 2.34 bits per heavy atom. The number of hydrogen-bond donors (Lipinski definition) is 4. The number of H-pyrrole nitrogens is 1. The third kappa shape index (κ3) is 4.23. The van der Waals surface area contributed by atoms with Crippen molar-refractivity contribution in [2.75, 3.05) is 11.1 Å². The number of aryl methyl sites for hydroxylation is 1. The van der Waals surface area contributed by atoms with Gasteiger partial charge in [-0.15, -0.1) is 0 Å². The second kappa shape index (κ2) is 8.27. The molecular formula is C23H20FN5O2S. The summed E-state index contributed by atoms with van der Waals surface area (Å²) in [5, 5.41) is 2.83. The van der Waals surface area contributed by atoms with Gasteiger partial charge in [0.25, 0.3) is 5.91 Å². The highest BCUT2D eigenvalue weighted by atomic mass is 32.2. The summed E-state index contributed by atoms with van der Waals surface area (Å²) in [6, 6.07) is 17.1. The van der Waals surface area contributed by atoms with E-state index in [9.17, 15) is 13.4 Å². The number of imidazole rings is 1. The number of nitrogens with two attached hydrogens (primary N) is 1. The Morgan fingerprint density at radius 2 is 1.72 bits per heavy atom. The van der Waals surface area contributed by atoms with E-state index in [2.05, 4.69) is 15.3 Å². The third-order valence-electron chi connectivity index (χ3n) is 4.88. The van der Waals surface area contributed by atoms with E-state index in [-0.39, 0.29) is 15.9 Å². The number of nitrogens with one attached hydrogen (secondary N) is 3. The zero-order valence-corrected chi connectivity index (χ0v) is 17.9. The molecule has 4 rings (SSSR count). The fourth-order valence-electron chi connectivity index (χ4n) is 3.13. The topological polar surface area (TPSA) is 125 Å². The molecule has 0 spiro atoms. The largest absolute Gasteiger partial charge is 0.397 e. The lowest BCUT2D eigenvalue weighted by atomic mass is 10.0. The molecule has 162 valence electrons. The van der Waals surface area contributed by atoms with Gasteiger partial charge in [-0.25, -0.2) is 18.4 Å². The number of aromatic nitrogens is 2. The van der Waals surface area contributed by atoms with Gasteiger partial charge >= 0.3 is 0 Å². The van der Waals surface area contributed by atoms with Gasteiger partial charge in [-0.2, -0.15) is 0 Å². The minimum atomic E-state index is -3.31. The summed E-state index contributed by atoms with van der Waals surface area (Å²) in [5.41, 5.74) is 9.38. The van der Waals surface area contributed by atoms with Crippen LogP contribution >= 0.6 is 0 Å². The van der Waals surface area contributed by atoms with Gasteiger partial charge in [0.05, 0.1) is 16.3 Å². The first-order valence-corrected chi connectivity index (χ1v) is 11.2. The van der Waals surface area contributed by atoms with Crippen LogP contribution < -0.4 is 11.1 Å². The second-order valence-electron chi connectivity index (χ2n) is 7.21.